The topological polar surface area (TPSA) is 436 Å². The molecule has 0 aliphatic carbocycles. The van der Waals surface area contributed by atoms with Crippen LogP contribution >= 0.6 is 0 Å². The van der Waals surface area contributed by atoms with E-state index in [1.54, 1.807) is 32.0 Å². The number of H-pyrrole nitrogens is 1. The van der Waals surface area contributed by atoms with Crippen molar-refractivity contribution < 1.29 is 81.8 Å². The van der Waals surface area contributed by atoms with Gasteiger partial charge in [0.1, 0.15) is 47.0 Å². The van der Waals surface area contributed by atoms with Gasteiger partial charge in [0.25, 0.3) is 11.8 Å². The first-order chi connectivity index (χ1) is 40.5. The van der Waals surface area contributed by atoms with E-state index in [4.69, 9.17) is 10.5 Å². The quantitative estimate of drug-likeness (QED) is 0.0418. The number of aliphatic hydroxyl groups is 3. The Bertz CT molecular complexity index is 2880. The Morgan fingerprint density at radius 2 is 1.48 bits per heavy atom. The Balaban J connectivity index is 1.30. The molecule has 30 heteroatoms. The Morgan fingerprint density at radius 3 is 2.18 bits per heavy atom. The van der Waals surface area contributed by atoms with Crippen LogP contribution in [0.2, 0.25) is 0 Å². The number of nitrogens with one attached hydrogen (secondary N) is 9. The lowest BCUT2D eigenvalue weighted by molar-refractivity contribution is -0.144. The maximum atomic E-state index is 15.0. The number of aromatic amines is 1. The largest absolute Gasteiger partial charge is 0.494 e. The van der Waals surface area contributed by atoms with Crippen molar-refractivity contribution in [3.05, 3.63) is 35.9 Å². The molecule has 1 fully saturated rings. The smallest absolute Gasteiger partial charge is 0.253 e. The summed E-state index contributed by atoms with van der Waals surface area (Å²) in [4.78, 5) is 167. The lowest BCUT2D eigenvalue weighted by Gasteiger charge is -2.32. The number of nitrogens with zero attached hydrogens (tertiary/aromatic N) is 2. The number of hydrogen-bond acceptors (Lipinski definition) is 17. The first-order valence-electron chi connectivity index (χ1n) is 28.6. The summed E-state index contributed by atoms with van der Waals surface area (Å²) in [7, 11) is -2.41. The van der Waals surface area contributed by atoms with E-state index in [0.29, 0.717) is 69.2 Å². The van der Waals surface area contributed by atoms with Crippen LogP contribution in [0.4, 0.5) is 0 Å². The number of benzene rings is 1. The molecule has 4 aliphatic heterocycles. The number of aliphatic hydroxyl groups excluding tert-OH is 3. The summed E-state index contributed by atoms with van der Waals surface area (Å²) in [5.74, 6) is -12.3. The molecule has 2 aromatic rings. The molecule has 4 aliphatic rings. The molecule has 1 saturated heterocycles. The molecule has 5 heterocycles. The highest BCUT2D eigenvalue weighted by Gasteiger charge is 2.45. The highest BCUT2D eigenvalue weighted by molar-refractivity contribution is 7.85. The predicted molar refractivity (Wildman–Crippen MR) is 302 cm³/mol. The molecule has 29 nitrogen and oxygen atoms in total. The van der Waals surface area contributed by atoms with Gasteiger partial charge in [0.15, 0.2) is 0 Å². The van der Waals surface area contributed by atoms with Gasteiger partial charge in [0, 0.05) is 68.4 Å². The molecule has 12 amide bonds. The van der Waals surface area contributed by atoms with Crippen molar-refractivity contribution >= 4 is 92.6 Å². The molecule has 466 valence electrons. The molecule has 11 atom stereocenters. The Hall–Kier alpha value is -7.83. The molecular weight excluding hydrogens is 1130 g/mol. The number of imide groups is 1. The zero-order valence-corrected chi connectivity index (χ0v) is 48.6. The molecule has 0 spiro atoms. The third kappa shape index (κ3) is 18.3. The van der Waals surface area contributed by atoms with Crippen LogP contribution in [0.3, 0.4) is 0 Å². The van der Waals surface area contributed by atoms with Crippen LogP contribution in [0.15, 0.2) is 35.4 Å². The molecule has 14 N–H and O–H groups in total. The molecule has 2 bridgehead atoms. The summed E-state index contributed by atoms with van der Waals surface area (Å²) in [5, 5.41) is 52.2. The average molecular weight is 1210 g/mol. The normalized spacial score (nSPS) is 25.1. The van der Waals surface area contributed by atoms with Crippen molar-refractivity contribution in [2.45, 2.75) is 151 Å². The molecule has 2 unspecified atom stereocenters. The minimum absolute atomic E-state index is 0.0964. The van der Waals surface area contributed by atoms with E-state index >= 15 is 4.21 Å². The van der Waals surface area contributed by atoms with Crippen molar-refractivity contribution in [2.24, 2.45) is 17.6 Å². The Morgan fingerprint density at radius 1 is 0.800 bits per heavy atom. The van der Waals surface area contributed by atoms with Gasteiger partial charge in [0.05, 0.1) is 67.0 Å². The predicted octanol–water partition coefficient (Wildman–Crippen LogP) is -4.09. The fourth-order valence-electron chi connectivity index (χ4n) is 10.3. The number of fused-ring (bicyclic) bond motifs is 5. The minimum atomic E-state index is -2.41. The Kier molecular flexibility index (Phi) is 24.5. The third-order valence-electron chi connectivity index (χ3n) is 15.4. The standard InChI is InChI=1S/C55H78N12O17S/c1-4-29(2)47-52(80)59-24-43(73)60-38-28-85(83)54-34(33-14-13-32(21-35(33)63-54)84-19-11-6-5-9-17-57-42(72)12-8-7-10-18-66-45(75)15-16-46(66)76)22-36(49(77)58-25-44(74)64-47)61-53(81)48(30(3)40(70)27-68)65-51(79)39-20-31(69)26-67(39)55(82)37(23-41(56)71)62-50(38)78/h13-16,21,29-31,36-40,47-48,63,68-70H,4-12,17-20,22-28H2,1-3H3,(H2,56,71)(H,57,72)(H,58,77)(H,59,80)(H,60,73)(H,61,81)(H,62,78)(H,64,74)(H,65,79)/t29-,30-,31+,36-,37?,38-,39-,40-,47-,48-,85?/m0/s1. The molecule has 0 radical (unpaired) electrons. The van der Waals surface area contributed by atoms with E-state index in [0.717, 1.165) is 17.7 Å². The van der Waals surface area contributed by atoms with Crippen LogP contribution in [0.1, 0.15) is 97.0 Å². The SMILES string of the molecule is CC[C@H](C)[C@@H]1NC(=O)CNC(=O)[C@@H]2Cc3c([nH]c4cc(OCCCCCCNC(=O)CCCCCN5C(=O)C=CC5=O)ccc34)S(=O)C[C@H](NC(=O)CNC1=O)C(=O)NC(CC(N)=O)C(=O)N1C[C@H](O)C[C@H]1C(=O)N[C@@H]([C@@H](C)[C@@H](O)CO)C(=O)N2. The van der Waals surface area contributed by atoms with Gasteiger partial charge in [-0.3, -0.25) is 66.6 Å². The zero-order chi connectivity index (χ0) is 62.1. The lowest BCUT2D eigenvalue weighted by Crippen LogP contribution is -2.62. The first kappa shape index (κ1) is 66.3. The highest BCUT2D eigenvalue weighted by Crippen LogP contribution is 2.31. The van der Waals surface area contributed by atoms with Crippen molar-refractivity contribution in [1.29, 1.82) is 0 Å². The van der Waals surface area contributed by atoms with E-state index < -0.39 is 176 Å². The first-order valence-corrected chi connectivity index (χ1v) is 29.9. The van der Waals surface area contributed by atoms with E-state index in [2.05, 4.69) is 47.5 Å². The Labute approximate surface area is 492 Å². The number of unbranched alkanes of at least 4 members (excludes halogenated alkanes) is 5. The van der Waals surface area contributed by atoms with Gasteiger partial charge < -0.3 is 78.2 Å². The summed E-state index contributed by atoms with van der Waals surface area (Å²) in [5.41, 5.74) is 5.96. The second-order valence-corrected chi connectivity index (χ2v) is 23.1. The molecule has 0 saturated carbocycles. The number of hydrogen-bond donors (Lipinski definition) is 13. The monoisotopic (exact) mass is 1210 g/mol. The van der Waals surface area contributed by atoms with E-state index in [1.807, 2.05) is 0 Å². The number of amides is 12. The number of aromatic nitrogens is 1. The van der Waals surface area contributed by atoms with Crippen LogP contribution in [-0.2, 0) is 74.8 Å². The van der Waals surface area contributed by atoms with E-state index in [-0.39, 0.29) is 40.4 Å². The van der Waals surface area contributed by atoms with Gasteiger partial charge in [-0.2, -0.15) is 0 Å². The number of primary amides is 1. The zero-order valence-electron chi connectivity index (χ0n) is 47.7. The van der Waals surface area contributed by atoms with Crippen LogP contribution in [-0.4, -0.2) is 205 Å². The molecular formula is C55H78N12O17S. The van der Waals surface area contributed by atoms with Gasteiger partial charge in [-0.15, -0.1) is 0 Å². The van der Waals surface area contributed by atoms with Gasteiger partial charge in [-0.25, -0.2) is 0 Å². The van der Waals surface area contributed by atoms with Crippen molar-refractivity contribution in [2.75, 3.05) is 51.7 Å². The number of ether oxygens (including phenoxy) is 1. The number of rotatable bonds is 21. The minimum Gasteiger partial charge on any atom is -0.494 e. The third-order valence-corrected chi connectivity index (χ3v) is 16.8. The van der Waals surface area contributed by atoms with Gasteiger partial charge in [-0.1, -0.05) is 46.5 Å². The van der Waals surface area contributed by atoms with E-state index in [9.17, 15) is 72.9 Å². The fraction of sp³-hybridized carbons (Fsp3) is 0.600. The molecule has 1 aromatic heterocycles. The van der Waals surface area contributed by atoms with Crippen molar-refractivity contribution in [3.8, 4) is 5.75 Å². The second kappa shape index (κ2) is 31.4. The van der Waals surface area contributed by atoms with Crippen molar-refractivity contribution in [3.63, 3.8) is 0 Å². The summed E-state index contributed by atoms with van der Waals surface area (Å²) in [6.07, 6.45) is 3.00. The summed E-state index contributed by atoms with van der Waals surface area (Å²) in [6.45, 7) is 2.74. The summed E-state index contributed by atoms with van der Waals surface area (Å²) < 4.78 is 21.1. The van der Waals surface area contributed by atoms with Crippen LogP contribution < -0.4 is 53.0 Å². The molecule has 6 rings (SSSR count). The average Bonchev–Trinajstić information content (AvgIpc) is 3.54. The van der Waals surface area contributed by atoms with Crippen LogP contribution in [0.5, 0.6) is 5.75 Å². The fourth-order valence-corrected chi connectivity index (χ4v) is 11.6. The molecule has 1 aromatic carbocycles. The molecule has 85 heavy (non-hydrogen) atoms. The van der Waals surface area contributed by atoms with Crippen LogP contribution in [0.25, 0.3) is 10.9 Å². The number of carbonyl (C=O) groups excluding carboxylic acids is 12. The number of nitrogens with two attached hydrogens (primary N) is 1. The van der Waals surface area contributed by atoms with Gasteiger partial charge >= 0.3 is 0 Å². The van der Waals surface area contributed by atoms with Gasteiger partial charge in [0.2, 0.25) is 59.1 Å². The van der Waals surface area contributed by atoms with Gasteiger partial charge in [-0.05, 0) is 49.3 Å². The second-order valence-electron chi connectivity index (χ2n) is 21.7. The van der Waals surface area contributed by atoms with E-state index in [1.165, 1.54) is 24.0 Å². The highest BCUT2D eigenvalue weighted by atomic mass is 32.2. The van der Waals surface area contributed by atoms with Crippen LogP contribution in [0, 0.1) is 11.8 Å². The maximum absolute atomic E-state index is 15.0. The number of carbonyl (C=O) groups is 12. The lowest BCUT2D eigenvalue weighted by atomic mass is 9.93. The summed E-state index contributed by atoms with van der Waals surface area (Å²) >= 11 is 0. The summed E-state index contributed by atoms with van der Waals surface area (Å²) in [6, 6.07) is -5.32. The maximum Gasteiger partial charge on any atom is 0.253 e. The van der Waals surface area contributed by atoms with Crippen molar-refractivity contribution in [1.82, 2.24) is 57.3 Å².